The van der Waals surface area contributed by atoms with Crippen LogP contribution in [0.3, 0.4) is 0 Å². The van der Waals surface area contributed by atoms with Crippen molar-refractivity contribution in [2.24, 2.45) is 0 Å². The quantitative estimate of drug-likeness (QED) is 0.570. The van der Waals surface area contributed by atoms with Crippen molar-refractivity contribution in [2.75, 3.05) is 19.3 Å². The highest BCUT2D eigenvalue weighted by Crippen LogP contribution is 2.17. The molecule has 1 atom stereocenters. The number of carbonyl (C=O) groups excluding carboxylic acids is 1. The Labute approximate surface area is 91.4 Å². The van der Waals surface area contributed by atoms with E-state index in [0.29, 0.717) is 18.3 Å². The smallest absolute Gasteiger partial charge is 0.164 e. The maximum atomic E-state index is 11.6. The van der Waals surface area contributed by atoms with Gasteiger partial charge in [0.05, 0.1) is 12.6 Å². The molecule has 0 radical (unpaired) electrons. The monoisotopic (exact) mass is 216 g/mol. The van der Waals surface area contributed by atoms with Gasteiger partial charge >= 0.3 is 0 Å². The van der Waals surface area contributed by atoms with Crippen LogP contribution in [0.15, 0.2) is 0 Å². The van der Waals surface area contributed by atoms with Crippen LogP contribution < -0.4 is 10.6 Å². The molecule has 0 spiro atoms. The van der Waals surface area contributed by atoms with Crippen molar-refractivity contribution in [3.8, 4) is 0 Å². The number of nitrogens with one attached hydrogen (secondary N) is 2. The van der Waals surface area contributed by atoms with Crippen LogP contribution in [-0.2, 0) is 4.79 Å². The van der Waals surface area contributed by atoms with E-state index in [2.05, 4.69) is 23.3 Å². The molecule has 1 saturated carbocycles. The largest absolute Gasteiger partial charge is 0.310 e. The highest BCUT2D eigenvalue weighted by atomic mass is 32.1. The van der Waals surface area contributed by atoms with Crippen molar-refractivity contribution in [1.29, 1.82) is 0 Å². The van der Waals surface area contributed by atoms with Crippen molar-refractivity contribution in [3.05, 3.63) is 0 Å². The Kier molecular flexibility index (Phi) is 5.52. The van der Waals surface area contributed by atoms with Gasteiger partial charge in [-0.2, -0.15) is 12.6 Å². The highest BCUT2D eigenvalue weighted by molar-refractivity contribution is 7.80. The fourth-order valence-electron chi connectivity index (χ4n) is 1.85. The van der Waals surface area contributed by atoms with Crippen molar-refractivity contribution in [2.45, 2.75) is 37.8 Å². The van der Waals surface area contributed by atoms with Gasteiger partial charge in [-0.05, 0) is 19.9 Å². The maximum Gasteiger partial charge on any atom is 0.164 e. The molecule has 1 aliphatic carbocycles. The fourth-order valence-corrected chi connectivity index (χ4v) is 2.24. The first-order chi connectivity index (χ1) is 6.77. The number of hydrogen-bond acceptors (Lipinski definition) is 4. The molecule has 1 aliphatic rings. The molecule has 1 rings (SSSR count). The second kappa shape index (κ2) is 6.43. The minimum atomic E-state index is -0.104. The molecule has 0 saturated heterocycles. The van der Waals surface area contributed by atoms with Gasteiger partial charge in [0.15, 0.2) is 5.78 Å². The Morgan fingerprint density at radius 2 is 2.14 bits per heavy atom. The molecule has 1 fully saturated rings. The summed E-state index contributed by atoms with van der Waals surface area (Å²) in [4.78, 5) is 11.6. The van der Waals surface area contributed by atoms with Gasteiger partial charge in [0.2, 0.25) is 0 Å². The normalized spacial score (nSPS) is 19.9. The van der Waals surface area contributed by atoms with Crippen LogP contribution in [0.5, 0.6) is 0 Å². The van der Waals surface area contributed by atoms with Gasteiger partial charge in [-0.15, -0.1) is 0 Å². The second-order valence-electron chi connectivity index (χ2n) is 3.85. The number of thiol groups is 1. The first kappa shape index (κ1) is 12.0. The lowest BCUT2D eigenvalue weighted by atomic mass is 10.2. The van der Waals surface area contributed by atoms with Gasteiger partial charge in [-0.25, -0.2) is 0 Å². The predicted molar refractivity (Wildman–Crippen MR) is 62.0 cm³/mol. The van der Waals surface area contributed by atoms with E-state index in [0.717, 1.165) is 0 Å². The van der Waals surface area contributed by atoms with E-state index >= 15 is 0 Å². The number of rotatable bonds is 6. The third-order valence-electron chi connectivity index (χ3n) is 2.84. The van der Waals surface area contributed by atoms with Crippen LogP contribution in [0.4, 0.5) is 0 Å². The van der Waals surface area contributed by atoms with Crippen molar-refractivity contribution in [3.63, 3.8) is 0 Å². The molecule has 0 amide bonds. The average Bonchev–Trinajstić information content (AvgIpc) is 2.69. The molecule has 2 N–H and O–H groups in total. The minimum absolute atomic E-state index is 0.104. The standard InChI is InChI=1S/C10H20N2OS/c1-11-9(7-14)10(13)6-12-8-4-2-3-5-8/h8-9,11-12,14H,2-7H2,1H3. The van der Waals surface area contributed by atoms with E-state index in [1.807, 2.05) is 0 Å². The summed E-state index contributed by atoms with van der Waals surface area (Å²) >= 11 is 4.13. The molecular formula is C10H20N2OS. The molecule has 0 aromatic heterocycles. The Morgan fingerprint density at radius 3 is 2.64 bits per heavy atom. The zero-order valence-corrected chi connectivity index (χ0v) is 9.65. The summed E-state index contributed by atoms with van der Waals surface area (Å²) in [6.07, 6.45) is 5.04. The zero-order chi connectivity index (χ0) is 10.4. The summed E-state index contributed by atoms with van der Waals surface area (Å²) < 4.78 is 0. The number of Topliss-reactive ketones (excluding diaryl/α,β-unsaturated/α-hetero) is 1. The van der Waals surface area contributed by atoms with Crippen LogP contribution in [-0.4, -0.2) is 37.2 Å². The van der Waals surface area contributed by atoms with Crippen LogP contribution in [0.2, 0.25) is 0 Å². The summed E-state index contributed by atoms with van der Waals surface area (Å²) in [6, 6.07) is 0.462. The van der Waals surface area contributed by atoms with E-state index in [1.54, 1.807) is 7.05 Å². The summed E-state index contributed by atoms with van der Waals surface area (Å²) in [5.74, 6) is 0.788. The molecule has 0 heterocycles. The SMILES string of the molecule is CNC(CS)C(=O)CNC1CCCC1. The lowest BCUT2D eigenvalue weighted by molar-refractivity contribution is -0.119. The number of ketones is 1. The Balaban J connectivity index is 2.18. The van der Waals surface area contributed by atoms with E-state index < -0.39 is 0 Å². The first-order valence-electron chi connectivity index (χ1n) is 5.32. The Hall–Kier alpha value is -0.0600. The predicted octanol–water partition coefficient (Wildman–Crippen LogP) is 0.605. The van der Waals surface area contributed by atoms with Gasteiger partial charge in [-0.1, -0.05) is 12.8 Å². The van der Waals surface area contributed by atoms with Gasteiger partial charge in [-0.3, -0.25) is 4.79 Å². The lowest BCUT2D eigenvalue weighted by Gasteiger charge is -2.15. The molecule has 0 bridgehead atoms. The summed E-state index contributed by atoms with van der Waals surface area (Å²) in [5.41, 5.74) is 0. The van der Waals surface area contributed by atoms with Crippen LogP contribution in [0.1, 0.15) is 25.7 Å². The Bertz CT molecular complexity index is 177. The third-order valence-corrected chi connectivity index (χ3v) is 3.20. The highest BCUT2D eigenvalue weighted by Gasteiger charge is 2.18. The van der Waals surface area contributed by atoms with Gasteiger partial charge in [0.1, 0.15) is 0 Å². The Morgan fingerprint density at radius 1 is 1.50 bits per heavy atom. The molecule has 1 unspecified atom stereocenters. The molecule has 0 aliphatic heterocycles. The first-order valence-corrected chi connectivity index (χ1v) is 5.95. The summed E-state index contributed by atoms with van der Waals surface area (Å²) in [5, 5.41) is 6.27. The van der Waals surface area contributed by atoms with Crippen LogP contribution in [0, 0.1) is 0 Å². The van der Waals surface area contributed by atoms with E-state index in [-0.39, 0.29) is 11.8 Å². The van der Waals surface area contributed by atoms with E-state index in [1.165, 1.54) is 25.7 Å². The lowest BCUT2D eigenvalue weighted by Crippen LogP contribution is -2.43. The average molecular weight is 216 g/mol. The van der Waals surface area contributed by atoms with Gasteiger partial charge in [0, 0.05) is 11.8 Å². The third kappa shape index (κ3) is 3.59. The van der Waals surface area contributed by atoms with Crippen molar-refractivity contribution >= 4 is 18.4 Å². The van der Waals surface area contributed by atoms with Crippen LogP contribution in [0.25, 0.3) is 0 Å². The molecule has 3 nitrogen and oxygen atoms in total. The molecule has 82 valence electrons. The molecule has 14 heavy (non-hydrogen) atoms. The topological polar surface area (TPSA) is 41.1 Å². The van der Waals surface area contributed by atoms with Crippen molar-refractivity contribution in [1.82, 2.24) is 10.6 Å². The van der Waals surface area contributed by atoms with Gasteiger partial charge < -0.3 is 10.6 Å². The molecule has 4 heteroatoms. The number of hydrogen-bond donors (Lipinski definition) is 3. The maximum absolute atomic E-state index is 11.6. The fraction of sp³-hybridized carbons (Fsp3) is 0.900. The van der Waals surface area contributed by atoms with E-state index in [9.17, 15) is 4.79 Å². The molecular weight excluding hydrogens is 196 g/mol. The molecule has 0 aromatic carbocycles. The minimum Gasteiger partial charge on any atom is -0.310 e. The summed E-state index contributed by atoms with van der Waals surface area (Å²) in [7, 11) is 1.80. The van der Waals surface area contributed by atoms with Gasteiger partial charge in [0.25, 0.3) is 0 Å². The number of likely N-dealkylation sites (N-methyl/N-ethyl adjacent to an activating group) is 1. The zero-order valence-electron chi connectivity index (χ0n) is 8.75. The number of carbonyl (C=O) groups is 1. The van der Waals surface area contributed by atoms with Crippen molar-refractivity contribution < 1.29 is 4.79 Å². The molecule has 0 aromatic rings. The van der Waals surface area contributed by atoms with E-state index in [4.69, 9.17) is 0 Å². The van der Waals surface area contributed by atoms with Crippen LogP contribution >= 0.6 is 12.6 Å². The summed E-state index contributed by atoms with van der Waals surface area (Å²) in [6.45, 7) is 0.483. The second-order valence-corrected chi connectivity index (χ2v) is 4.22.